The van der Waals surface area contributed by atoms with E-state index in [0.29, 0.717) is 4.90 Å². The van der Waals surface area contributed by atoms with Crippen molar-refractivity contribution in [1.29, 1.82) is 26.3 Å². The average molecular weight is 218 g/mol. The summed E-state index contributed by atoms with van der Waals surface area (Å²) in [6, 6.07) is 6.28. The summed E-state index contributed by atoms with van der Waals surface area (Å²) in [5.41, 5.74) is -2.59. The zero-order valence-electron chi connectivity index (χ0n) is 8.18. The molecule has 1 N–H and O–H groups in total. The fourth-order valence-electron chi connectivity index (χ4n) is 1.07. The van der Waals surface area contributed by atoms with Gasteiger partial charge >= 0.3 is 5.66 Å². The second-order valence-electron chi connectivity index (χ2n) is 2.44. The van der Waals surface area contributed by atoms with Crippen LogP contribution in [-0.2, 0) is 0 Å². The third-order valence-corrected chi connectivity index (χ3v) is 1.74. The molecule has 0 bridgehead atoms. The largest absolute Gasteiger partial charge is 0.327 e. The smallest absolute Gasteiger partial charge is 0.303 e. The van der Waals surface area contributed by atoms with Crippen LogP contribution in [0.25, 0.3) is 0 Å². The zero-order valence-corrected chi connectivity index (χ0v) is 10.2. The molecule has 0 saturated carbocycles. The molecule has 0 saturated heterocycles. The predicted octanol–water partition coefficient (Wildman–Crippen LogP) is -1.01. The van der Waals surface area contributed by atoms with Crippen LogP contribution in [0.3, 0.4) is 0 Å². The Morgan fingerprint density at radius 3 is 1.88 bits per heavy atom. The van der Waals surface area contributed by atoms with E-state index in [2.05, 4.69) is 5.32 Å². The van der Waals surface area contributed by atoms with E-state index in [1.54, 1.807) is 24.3 Å². The molecule has 16 heavy (non-hydrogen) atoms. The summed E-state index contributed by atoms with van der Waals surface area (Å²) < 4.78 is 0. The number of nitrogens with one attached hydrogen (secondary N) is 1. The van der Waals surface area contributed by atoms with Crippen molar-refractivity contribution < 1.29 is 0 Å². The van der Waals surface area contributed by atoms with E-state index in [9.17, 15) is 0 Å². The quantitative estimate of drug-likeness (QED) is 0.406. The fourth-order valence-corrected chi connectivity index (χ4v) is 1.07. The van der Waals surface area contributed by atoms with E-state index in [4.69, 9.17) is 26.3 Å². The molecule has 1 rings (SSSR count). The first kappa shape index (κ1) is 13.8. The number of allylic oxidation sites excluding steroid dienone is 2. The van der Waals surface area contributed by atoms with Crippen molar-refractivity contribution in [2.45, 2.75) is 5.66 Å². The Hall–Kier alpha value is -2.21. The van der Waals surface area contributed by atoms with E-state index in [-0.39, 0.29) is 41.0 Å². The molecule has 0 aliphatic carbocycles. The van der Waals surface area contributed by atoms with Gasteiger partial charge in [-0.05, 0) is 0 Å². The van der Waals surface area contributed by atoms with Gasteiger partial charge in [-0.1, -0.05) is 0 Å². The third kappa shape index (κ3) is 1.66. The van der Waals surface area contributed by atoms with E-state index in [1.165, 1.54) is 6.19 Å². The molecule has 7 nitrogen and oxygen atoms in total. The fraction of sp³-hybridized carbons (Fsp3) is 0.125. The maximum atomic E-state index is 8.77. The minimum absolute atomic E-state index is 0. The summed E-state index contributed by atoms with van der Waals surface area (Å²) in [6.07, 6.45) is 1.52. The molecule has 0 atom stereocenters. The molecule has 8 heteroatoms. The SMILES string of the molecule is N#CC1=C(C#N)N(C#N)C(C#N)(C#N)N1.[Na]. The first-order valence-electron chi connectivity index (χ1n) is 3.54. The molecule has 0 fully saturated rings. The minimum Gasteiger partial charge on any atom is -0.327 e. The van der Waals surface area contributed by atoms with Crippen molar-refractivity contribution in [2.75, 3.05) is 0 Å². The first-order valence-corrected chi connectivity index (χ1v) is 3.54. The maximum Gasteiger partial charge on any atom is 0.303 e. The van der Waals surface area contributed by atoms with E-state index >= 15 is 0 Å². The molecule has 0 aromatic carbocycles. The molecule has 1 heterocycles. The van der Waals surface area contributed by atoms with Crippen molar-refractivity contribution in [3.63, 3.8) is 0 Å². The second kappa shape index (κ2) is 5.04. The monoisotopic (exact) mass is 218 g/mol. The molecule has 0 amide bonds. The van der Waals surface area contributed by atoms with Gasteiger partial charge in [-0.3, -0.25) is 0 Å². The maximum absolute atomic E-state index is 8.77. The molecular weight excluding hydrogens is 217 g/mol. The van der Waals surface area contributed by atoms with Gasteiger partial charge in [-0.15, -0.1) is 0 Å². The number of rotatable bonds is 0. The Kier molecular flexibility index (Phi) is 4.34. The van der Waals surface area contributed by atoms with Gasteiger partial charge in [0.25, 0.3) is 0 Å². The van der Waals surface area contributed by atoms with Crippen LogP contribution in [0.2, 0.25) is 0 Å². The van der Waals surface area contributed by atoms with E-state index in [1.807, 2.05) is 0 Å². The average Bonchev–Trinajstić information content (AvgIpc) is 2.62. The molecule has 0 aromatic rings. The Morgan fingerprint density at radius 1 is 1.00 bits per heavy atom. The Morgan fingerprint density at radius 2 is 1.56 bits per heavy atom. The topological polar surface area (TPSA) is 134 Å². The van der Waals surface area contributed by atoms with Crippen LogP contribution in [0, 0.1) is 56.8 Å². The molecule has 69 valence electrons. The van der Waals surface area contributed by atoms with Crippen LogP contribution in [0.1, 0.15) is 0 Å². The van der Waals surface area contributed by atoms with Gasteiger partial charge in [0.05, 0.1) is 0 Å². The van der Waals surface area contributed by atoms with Gasteiger partial charge in [0, 0.05) is 29.6 Å². The van der Waals surface area contributed by atoms with E-state index < -0.39 is 5.66 Å². The predicted molar refractivity (Wildman–Crippen MR) is 48.6 cm³/mol. The van der Waals surface area contributed by atoms with Crippen molar-refractivity contribution in [3.8, 4) is 30.5 Å². The van der Waals surface area contributed by atoms with Gasteiger partial charge in [0.2, 0.25) is 0 Å². The van der Waals surface area contributed by atoms with Crippen LogP contribution in [-0.4, -0.2) is 40.1 Å². The number of hydrogen-bond donors (Lipinski definition) is 1. The first-order chi connectivity index (χ1) is 7.18. The van der Waals surface area contributed by atoms with Crippen LogP contribution < -0.4 is 5.32 Å². The molecule has 0 spiro atoms. The van der Waals surface area contributed by atoms with Crippen LogP contribution in [0.4, 0.5) is 0 Å². The van der Waals surface area contributed by atoms with Gasteiger partial charge in [-0.25, -0.2) is 4.90 Å². The van der Waals surface area contributed by atoms with Gasteiger partial charge in [0.15, 0.2) is 17.6 Å². The molecular formula is C8HN7Na. The normalized spacial score (nSPS) is 15.3. The summed E-state index contributed by atoms with van der Waals surface area (Å²) in [5, 5.41) is 45.8. The summed E-state index contributed by atoms with van der Waals surface area (Å²) >= 11 is 0. The Labute approximate surface area is 113 Å². The number of nitrogens with zero attached hydrogens (tertiary/aromatic N) is 6. The molecule has 1 radical (unpaired) electrons. The van der Waals surface area contributed by atoms with Crippen LogP contribution in [0.5, 0.6) is 0 Å². The van der Waals surface area contributed by atoms with Crippen molar-refractivity contribution in [1.82, 2.24) is 10.2 Å². The standard InChI is InChI=1S/C8HN7.Na/c9-1-6-7(2-10)15(5-13)8(3-11,4-12)14-6;/h14H;. The number of hydrogen-bond acceptors (Lipinski definition) is 7. The zero-order chi connectivity index (χ0) is 11.5. The third-order valence-electron chi connectivity index (χ3n) is 1.74. The van der Waals surface area contributed by atoms with Crippen molar-refractivity contribution in [3.05, 3.63) is 11.4 Å². The van der Waals surface area contributed by atoms with Crippen molar-refractivity contribution in [2.24, 2.45) is 0 Å². The molecule has 0 aromatic heterocycles. The molecule has 1 aliphatic rings. The number of nitriles is 5. The minimum atomic E-state index is -2.00. The van der Waals surface area contributed by atoms with Crippen LogP contribution >= 0.6 is 0 Å². The van der Waals surface area contributed by atoms with Gasteiger partial charge in [-0.2, -0.15) is 26.3 Å². The van der Waals surface area contributed by atoms with Crippen LogP contribution in [0.15, 0.2) is 11.4 Å². The summed E-state index contributed by atoms with van der Waals surface area (Å²) in [6.45, 7) is 0. The second-order valence-corrected chi connectivity index (χ2v) is 2.44. The summed E-state index contributed by atoms with van der Waals surface area (Å²) in [7, 11) is 0. The Bertz CT molecular complexity index is 527. The summed E-state index contributed by atoms with van der Waals surface area (Å²) in [5.74, 6) is 0. The van der Waals surface area contributed by atoms with Gasteiger partial charge < -0.3 is 5.32 Å². The van der Waals surface area contributed by atoms with Gasteiger partial charge in [0.1, 0.15) is 24.3 Å². The molecule has 1 aliphatic heterocycles. The summed E-state index contributed by atoms with van der Waals surface area (Å²) in [4.78, 5) is 0.575. The Balaban J connectivity index is 0.00000225. The molecule has 0 unspecified atom stereocenters. The van der Waals surface area contributed by atoms with Crippen molar-refractivity contribution >= 4 is 29.6 Å². The van der Waals surface area contributed by atoms with E-state index in [0.717, 1.165) is 0 Å².